The van der Waals surface area contributed by atoms with Gasteiger partial charge in [0.2, 0.25) is 0 Å². The quantitative estimate of drug-likeness (QED) is 0.668. The summed E-state index contributed by atoms with van der Waals surface area (Å²) in [6.07, 6.45) is 4.50. The van der Waals surface area contributed by atoms with Gasteiger partial charge in [0.15, 0.2) is 5.78 Å². The van der Waals surface area contributed by atoms with Crippen LogP contribution >= 0.6 is 27.5 Å². The van der Waals surface area contributed by atoms with Crippen LogP contribution in [-0.4, -0.2) is 16.9 Å². The Balaban J connectivity index is 2.32. The van der Waals surface area contributed by atoms with E-state index in [9.17, 15) is 14.7 Å². The van der Waals surface area contributed by atoms with Crippen LogP contribution in [0.2, 0.25) is 5.02 Å². The Morgan fingerprint density at radius 1 is 1.21 bits per heavy atom. The van der Waals surface area contributed by atoms with Crippen molar-refractivity contribution in [2.75, 3.05) is 0 Å². The summed E-state index contributed by atoms with van der Waals surface area (Å²) in [5.74, 6) is -2.34. The van der Waals surface area contributed by atoms with E-state index in [0.717, 1.165) is 4.47 Å². The summed E-state index contributed by atoms with van der Waals surface area (Å²) in [4.78, 5) is 23.7. The van der Waals surface area contributed by atoms with Gasteiger partial charge in [-0.25, -0.2) is 0 Å². The first kappa shape index (κ1) is 14.3. The van der Waals surface area contributed by atoms with Crippen LogP contribution in [0.1, 0.15) is 23.2 Å². The fourth-order valence-electron chi connectivity index (χ4n) is 2.27. The molecule has 0 fully saturated rings. The van der Waals surface area contributed by atoms with Crippen LogP contribution < -0.4 is 0 Å². The molecule has 2 rings (SSSR count). The fraction of sp³-hybridized carbons (Fsp3) is 0.286. The number of halogens is 2. The van der Waals surface area contributed by atoms with Gasteiger partial charge in [0.05, 0.1) is 10.9 Å². The van der Waals surface area contributed by atoms with Gasteiger partial charge in [0.1, 0.15) is 0 Å². The maximum Gasteiger partial charge on any atom is 0.307 e. The van der Waals surface area contributed by atoms with Crippen LogP contribution in [0.15, 0.2) is 34.8 Å². The summed E-state index contributed by atoms with van der Waals surface area (Å²) in [7, 11) is 0. The molecular weight excluding hydrogens is 332 g/mol. The Bertz CT molecular complexity index is 554. The fourth-order valence-corrected chi connectivity index (χ4v) is 3.03. The molecule has 1 aliphatic carbocycles. The Kier molecular flexibility index (Phi) is 4.42. The van der Waals surface area contributed by atoms with Crippen LogP contribution in [0.4, 0.5) is 0 Å². The highest BCUT2D eigenvalue weighted by atomic mass is 79.9. The zero-order chi connectivity index (χ0) is 14.0. The predicted octanol–water partition coefficient (Wildman–Crippen LogP) is 3.95. The first-order valence-electron chi connectivity index (χ1n) is 5.87. The number of carbonyl (C=O) groups excluding carboxylic acids is 1. The van der Waals surface area contributed by atoms with Crippen LogP contribution in [0.25, 0.3) is 0 Å². The van der Waals surface area contributed by atoms with Crippen molar-refractivity contribution in [1.29, 1.82) is 0 Å². The number of aliphatic carboxylic acids is 1. The molecule has 3 nitrogen and oxygen atoms in total. The first-order valence-corrected chi connectivity index (χ1v) is 7.05. The van der Waals surface area contributed by atoms with E-state index in [2.05, 4.69) is 15.9 Å². The molecule has 0 saturated heterocycles. The summed E-state index contributed by atoms with van der Waals surface area (Å²) < 4.78 is 0.785. The second-order valence-corrected chi connectivity index (χ2v) is 5.81. The van der Waals surface area contributed by atoms with E-state index >= 15 is 0 Å². The molecule has 5 heteroatoms. The summed E-state index contributed by atoms with van der Waals surface area (Å²) in [5, 5.41) is 9.54. The van der Waals surface area contributed by atoms with Gasteiger partial charge in [-0.3, -0.25) is 9.59 Å². The Hall–Kier alpha value is -1.13. The van der Waals surface area contributed by atoms with Gasteiger partial charge in [-0.2, -0.15) is 0 Å². The highest BCUT2D eigenvalue weighted by molar-refractivity contribution is 9.10. The molecule has 1 aromatic rings. The smallest absolute Gasteiger partial charge is 0.307 e. The van der Waals surface area contributed by atoms with Gasteiger partial charge in [-0.15, -0.1) is 0 Å². The molecule has 0 heterocycles. The van der Waals surface area contributed by atoms with E-state index in [1.807, 2.05) is 12.2 Å². The SMILES string of the molecule is O=C(O)[C@H]1CC=CC[C@@H]1C(=O)c1ccc(Br)cc1Cl. The maximum atomic E-state index is 12.4. The number of rotatable bonds is 3. The van der Waals surface area contributed by atoms with E-state index < -0.39 is 17.8 Å². The lowest BCUT2D eigenvalue weighted by Crippen LogP contribution is -2.31. The number of carboxylic acid groups (broad SMARTS) is 1. The number of Topliss-reactive ketones (excluding diaryl/α,β-unsaturated/α-hetero) is 1. The van der Waals surface area contributed by atoms with Crippen molar-refractivity contribution < 1.29 is 14.7 Å². The lowest BCUT2D eigenvalue weighted by Gasteiger charge is -2.24. The van der Waals surface area contributed by atoms with Crippen molar-refractivity contribution >= 4 is 39.3 Å². The van der Waals surface area contributed by atoms with E-state index in [0.29, 0.717) is 23.4 Å². The molecule has 1 aliphatic rings. The number of carboxylic acids is 1. The molecule has 100 valence electrons. The molecule has 1 N–H and O–H groups in total. The van der Waals surface area contributed by atoms with Crippen LogP contribution in [-0.2, 0) is 4.79 Å². The average Bonchev–Trinajstić information content (AvgIpc) is 2.38. The molecular formula is C14H12BrClO3. The third-order valence-corrected chi connectivity index (χ3v) is 4.09. The highest BCUT2D eigenvalue weighted by Gasteiger charge is 2.34. The van der Waals surface area contributed by atoms with E-state index in [1.165, 1.54) is 0 Å². The monoisotopic (exact) mass is 342 g/mol. The third-order valence-electron chi connectivity index (χ3n) is 3.28. The van der Waals surface area contributed by atoms with Crippen LogP contribution in [0, 0.1) is 11.8 Å². The van der Waals surface area contributed by atoms with Gasteiger partial charge in [-0.05, 0) is 31.0 Å². The first-order chi connectivity index (χ1) is 9.00. The van der Waals surface area contributed by atoms with Gasteiger partial charge < -0.3 is 5.11 Å². The molecule has 0 saturated carbocycles. The van der Waals surface area contributed by atoms with E-state index in [-0.39, 0.29) is 5.78 Å². The second kappa shape index (κ2) is 5.88. The van der Waals surface area contributed by atoms with Crippen molar-refractivity contribution in [3.8, 4) is 0 Å². The average molecular weight is 344 g/mol. The minimum atomic E-state index is -0.934. The zero-order valence-electron chi connectivity index (χ0n) is 9.98. The molecule has 1 aromatic carbocycles. The van der Waals surface area contributed by atoms with E-state index in [1.54, 1.807) is 18.2 Å². The molecule has 0 bridgehead atoms. The Labute approximate surface area is 124 Å². The number of allylic oxidation sites excluding steroid dienone is 2. The zero-order valence-corrected chi connectivity index (χ0v) is 12.3. The molecule has 0 aromatic heterocycles. The Morgan fingerprint density at radius 3 is 2.42 bits per heavy atom. The summed E-state index contributed by atoms with van der Waals surface area (Å²) in [6, 6.07) is 5.00. The summed E-state index contributed by atoms with van der Waals surface area (Å²) >= 11 is 9.33. The molecule has 2 atom stereocenters. The minimum absolute atomic E-state index is 0.200. The third kappa shape index (κ3) is 3.07. The largest absolute Gasteiger partial charge is 0.481 e. The van der Waals surface area contributed by atoms with Crippen LogP contribution in [0.3, 0.4) is 0 Å². The number of ketones is 1. The molecule has 0 radical (unpaired) electrons. The number of hydrogen-bond acceptors (Lipinski definition) is 2. The summed E-state index contributed by atoms with van der Waals surface area (Å²) in [6.45, 7) is 0. The van der Waals surface area contributed by atoms with Crippen molar-refractivity contribution in [3.63, 3.8) is 0 Å². The molecule has 0 aliphatic heterocycles. The van der Waals surface area contributed by atoms with Gasteiger partial charge >= 0.3 is 5.97 Å². The topological polar surface area (TPSA) is 54.4 Å². The normalized spacial score (nSPS) is 22.2. The van der Waals surface area contributed by atoms with Gasteiger partial charge in [-0.1, -0.05) is 39.7 Å². The molecule has 0 spiro atoms. The molecule has 0 unspecified atom stereocenters. The Morgan fingerprint density at radius 2 is 1.84 bits per heavy atom. The minimum Gasteiger partial charge on any atom is -0.481 e. The number of carbonyl (C=O) groups is 2. The van der Waals surface area contributed by atoms with Crippen molar-refractivity contribution in [1.82, 2.24) is 0 Å². The van der Waals surface area contributed by atoms with Gasteiger partial charge in [0, 0.05) is 16.0 Å². The molecule has 0 amide bonds. The van der Waals surface area contributed by atoms with Crippen molar-refractivity contribution in [3.05, 3.63) is 45.4 Å². The van der Waals surface area contributed by atoms with Crippen molar-refractivity contribution in [2.24, 2.45) is 11.8 Å². The maximum absolute atomic E-state index is 12.4. The van der Waals surface area contributed by atoms with Crippen molar-refractivity contribution in [2.45, 2.75) is 12.8 Å². The lowest BCUT2D eigenvalue weighted by molar-refractivity contribution is -0.143. The van der Waals surface area contributed by atoms with E-state index in [4.69, 9.17) is 11.6 Å². The molecule has 19 heavy (non-hydrogen) atoms. The lowest BCUT2D eigenvalue weighted by atomic mass is 9.78. The standard InChI is InChI=1S/C14H12BrClO3/c15-8-5-6-11(12(16)7-8)13(17)9-3-1-2-4-10(9)14(18)19/h1-2,5-7,9-10H,3-4H2,(H,18,19)/t9-,10-/m0/s1. The van der Waals surface area contributed by atoms with Gasteiger partial charge in [0.25, 0.3) is 0 Å². The number of hydrogen-bond donors (Lipinski definition) is 1. The summed E-state index contributed by atoms with van der Waals surface area (Å²) in [5.41, 5.74) is 0.386. The van der Waals surface area contributed by atoms with Crippen LogP contribution in [0.5, 0.6) is 0 Å². The predicted molar refractivity (Wildman–Crippen MR) is 76.5 cm³/mol. The second-order valence-electron chi connectivity index (χ2n) is 4.48. The highest BCUT2D eigenvalue weighted by Crippen LogP contribution is 2.32. The number of benzene rings is 1.